The molecule has 0 aliphatic carbocycles. The van der Waals surface area contributed by atoms with E-state index in [1.54, 1.807) is 6.92 Å². The first-order valence-corrected chi connectivity index (χ1v) is 7.21. The van der Waals surface area contributed by atoms with E-state index in [4.69, 9.17) is 4.74 Å². The van der Waals surface area contributed by atoms with Crippen LogP contribution in [0, 0.1) is 5.92 Å². The van der Waals surface area contributed by atoms with Crippen LogP contribution < -0.4 is 0 Å². The number of ether oxygens (including phenoxy) is 1. The Kier molecular flexibility index (Phi) is 3.81. The maximum Gasteiger partial charge on any atom is 0.256 e. The van der Waals surface area contributed by atoms with Gasteiger partial charge in [-0.25, -0.2) is 0 Å². The van der Waals surface area contributed by atoms with Crippen LogP contribution in [0.15, 0.2) is 11.6 Å². The normalized spacial score (nSPS) is 26.6. The summed E-state index contributed by atoms with van der Waals surface area (Å²) in [6, 6.07) is 0. The van der Waals surface area contributed by atoms with Crippen molar-refractivity contribution in [1.29, 1.82) is 0 Å². The summed E-state index contributed by atoms with van der Waals surface area (Å²) >= 11 is 0. The Morgan fingerprint density at radius 3 is 2.32 bits per heavy atom. The van der Waals surface area contributed by atoms with E-state index in [0.717, 1.165) is 19.3 Å². The van der Waals surface area contributed by atoms with E-state index in [1.165, 1.54) is 11.0 Å². The molecule has 4 heteroatoms. The minimum absolute atomic E-state index is 0.0189. The molecule has 2 unspecified atom stereocenters. The van der Waals surface area contributed by atoms with Crippen molar-refractivity contribution in [2.45, 2.75) is 58.7 Å². The second-order valence-corrected chi connectivity index (χ2v) is 5.56. The van der Waals surface area contributed by atoms with Crippen molar-refractivity contribution in [3.05, 3.63) is 11.6 Å². The molecule has 2 atom stereocenters. The molecule has 106 valence electrons. The summed E-state index contributed by atoms with van der Waals surface area (Å²) < 4.78 is 5.90. The van der Waals surface area contributed by atoms with Crippen molar-refractivity contribution in [3.8, 4) is 0 Å². The molecular formula is C15H23NO3. The topological polar surface area (TPSA) is 49.9 Å². The number of carbonyl (C=O) groups is 2. The highest BCUT2D eigenvalue weighted by atomic mass is 16.6. The summed E-state index contributed by atoms with van der Waals surface area (Å²) in [4.78, 5) is 25.0. The zero-order valence-electron chi connectivity index (χ0n) is 12.2. The number of hydrogen-bond donors (Lipinski definition) is 0. The predicted octanol–water partition coefficient (Wildman–Crippen LogP) is 2.29. The minimum Gasteiger partial charge on any atom is -0.366 e. The lowest BCUT2D eigenvalue weighted by Crippen LogP contribution is -2.38. The second kappa shape index (κ2) is 5.08. The predicted molar refractivity (Wildman–Crippen MR) is 72.4 cm³/mol. The van der Waals surface area contributed by atoms with Crippen LogP contribution >= 0.6 is 0 Å². The van der Waals surface area contributed by atoms with Crippen molar-refractivity contribution < 1.29 is 14.3 Å². The van der Waals surface area contributed by atoms with E-state index in [-0.39, 0.29) is 29.4 Å². The summed E-state index contributed by atoms with van der Waals surface area (Å²) in [5, 5.41) is 0. The Hall–Kier alpha value is -1.16. The lowest BCUT2D eigenvalue weighted by Gasteiger charge is -2.21. The highest BCUT2D eigenvalue weighted by molar-refractivity contribution is 6.15. The molecule has 19 heavy (non-hydrogen) atoms. The van der Waals surface area contributed by atoms with E-state index >= 15 is 0 Å². The molecule has 0 bridgehead atoms. The van der Waals surface area contributed by atoms with Crippen molar-refractivity contribution in [1.82, 2.24) is 4.90 Å². The fraction of sp³-hybridized carbons (Fsp3) is 0.733. The van der Waals surface area contributed by atoms with E-state index in [9.17, 15) is 9.59 Å². The highest BCUT2D eigenvalue weighted by Crippen LogP contribution is 2.47. The molecule has 4 nitrogen and oxygen atoms in total. The van der Waals surface area contributed by atoms with Gasteiger partial charge in [0.15, 0.2) is 0 Å². The number of carbonyl (C=O) groups excluding carboxylic acids is 2. The van der Waals surface area contributed by atoms with Gasteiger partial charge in [0.1, 0.15) is 0 Å². The average Bonchev–Trinajstić information content (AvgIpc) is 3.08. The Labute approximate surface area is 114 Å². The highest BCUT2D eigenvalue weighted by Gasteiger charge is 2.56. The van der Waals surface area contributed by atoms with Crippen LogP contribution in [0.1, 0.15) is 47.0 Å². The quantitative estimate of drug-likeness (QED) is 0.547. The van der Waals surface area contributed by atoms with Crippen LogP contribution in [0.2, 0.25) is 0 Å². The Balaban J connectivity index is 2.02. The van der Waals surface area contributed by atoms with Gasteiger partial charge in [-0.15, -0.1) is 0 Å². The standard InChI is InChI=1S/C15H23NO3/c1-5-11(13-15(6-2,7-3)19-13)9-16-12(17)8-10(4)14(16)18/h8,11,13H,5-7,9H2,1-4H3. The van der Waals surface area contributed by atoms with Crippen LogP contribution in [0.3, 0.4) is 0 Å². The molecule has 2 heterocycles. The van der Waals surface area contributed by atoms with Crippen LogP contribution in [0.25, 0.3) is 0 Å². The number of rotatable bonds is 6. The Bertz CT molecular complexity index is 423. The molecule has 0 spiro atoms. The number of hydrogen-bond acceptors (Lipinski definition) is 3. The zero-order chi connectivity index (χ0) is 14.2. The van der Waals surface area contributed by atoms with Crippen molar-refractivity contribution >= 4 is 11.8 Å². The summed E-state index contributed by atoms with van der Waals surface area (Å²) in [6.07, 6.45) is 4.51. The maximum absolute atomic E-state index is 11.9. The van der Waals surface area contributed by atoms with Crippen molar-refractivity contribution in [2.75, 3.05) is 6.54 Å². The molecule has 2 amide bonds. The first-order valence-electron chi connectivity index (χ1n) is 7.21. The molecule has 0 N–H and O–H groups in total. The summed E-state index contributed by atoms with van der Waals surface area (Å²) in [5.41, 5.74) is 0.517. The number of imide groups is 1. The van der Waals surface area contributed by atoms with Gasteiger partial charge in [0.05, 0.1) is 11.7 Å². The molecule has 2 aliphatic heterocycles. The van der Waals surface area contributed by atoms with Gasteiger partial charge < -0.3 is 4.74 Å². The second-order valence-electron chi connectivity index (χ2n) is 5.56. The maximum atomic E-state index is 11.9. The molecule has 0 aromatic rings. The van der Waals surface area contributed by atoms with Gasteiger partial charge in [-0.3, -0.25) is 14.5 Å². The third-order valence-electron chi connectivity index (χ3n) is 4.58. The molecule has 0 saturated carbocycles. The largest absolute Gasteiger partial charge is 0.366 e. The van der Waals surface area contributed by atoms with Gasteiger partial charge in [-0.05, 0) is 26.2 Å². The molecule has 0 radical (unpaired) electrons. The third-order valence-corrected chi connectivity index (χ3v) is 4.58. The minimum atomic E-state index is -0.180. The Morgan fingerprint density at radius 2 is 1.95 bits per heavy atom. The van der Waals surface area contributed by atoms with Crippen LogP contribution in [-0.2, 0) is 14.3 Å². The summed E-state index contributed by atoms with van der Waals surface area (Å²) in [7, 11) is 0. The van der Waals surface area contributed by atoms with Crippen molar-refractivity contribution in [3.63, 3.8) is 0 Å². The number of nitrogens with zero attached hydrogens (tertiary/aromatic N) is 1. The molecular weight excluding hydrogens is 242 g/mol. The van der Waals surface area contributed by atoms with Crippen molar-refractivity contribution in [2.24, 2.45) is 5.92 Å². The summed E-state index contributed by atoms with van der Waals surface area (Å²) in [5.74, 6) is -0.0880. The van der Waals surface area contributed by atoms with Crippen LogP contribution in [0.4, 0.5) is 0 Å². The van der Waals surface area contributed by atoms with Gasteiger partial charge in [0, 0.05) is 24.1 Å². The van der Waals surface area contributed by atoms with Gasteiger partial charge in [0.2, 0.25) is 0 Å². The van der Waals surface area contributed by atoms with E-state index in [1.807, 2.05) is 0 Å². The number of epoxide rings is 1. The number of amides is 2. The van der Waals surface area contributed by atoms with Crippen LogP contribution in [-0.4, -0.2) is 35.0 Å². The smallest absolute Gasteiger partial charge is 0.256 e. The fourth-order valence-corrected chi connectivity index (χ4v) is 3.05. The molecule has 1 saturated heterocycles. The van der Waals surface area contributed by atoms with Crippen LogP contribution in [0.5, 0.6) is 0 Å². The molecule has 1 fully saturated rings. The lowest BCUT2D eigenvalue weighted by molar-refractivity contribution is -0.138. The lowest BCUT2D eigenvalue weighted by atomic mass is 9.89. The van der Waals surface area contributed by atoms with E-state index in [2.05, 4.69) is 20.8 Å². The first-order chi connectivity index (χ1) is 8.99. The zero-order valence-corrected chi connectivity index (χ0v) is 12.2. The fourth-order valence-electron chi connectivity index (χ4n) is 3.05. The molecule has 0 aromatic heterocycles. The summed E-state index contributed by atoms with van der Waals surface area (Å²) in [6.45, 7) is 8.53. The molecule has 0 aromatic carbocycles. The molecule has 2 rings (SSSR count). The van der Waals surface area contributed by atoms with E-state index in [0.29, 0.717) is 12.1 Å². The average molecular weight is 265 g/mol. The van der Waals surface area contributed by atoms with Gasteiger partial charge in [0.25, 0.3) is 11.8 Å². The van der Waals surface area contributed by atoms with E-state index < -0.39 is 0 Å². The van der Waals surface area contributed by atoms with Gasteiger partial charge in [-0.1, -0.05) is 20.8 Å². The third kappa shape index (κ3) is 2.34. The van der Waals surface area contributed by atoms with Gasteiger partial charge >= 0.3 is 0 Å². The van der Waals surface area contributed by atoms with Gasteiger partial charge in [-0.2, -0.15) is 0 Å². The first kappa shape index (κ1) is 14.3. The monoisotopic (exact) mass is 265 g/mol. The Morgan fingerprint density at radius 1 is 1.32 bits per heavy atom. The molecule has 2 aliphatic rings. The SMILES string of the molecule is CCC(CN1C(=O)C=C(C)C1=O)C1OC1(CC)CC.